The molecule has 208 valence electrons. The quantitative estimate of drug-likeness (QED) is 0.385. The van der Waals surface area contributed by atoms with E-state index in [2.05, 4.69) is 32.2 Å². The van der Waals surface area contributed by atoms with Gasteiger partial charge in [-0.15, -0.1) is 0 Å². The van der Waals surface area contributed by atoms with Crippen molar-refractivity contribution in [2.75, 3.05) is 31.5 Å². The predicted molar refractivity (Wildman–Crippen MR) is 143 cm³/mol. The minimum absolute atomic E-state index is 0.00543. The van der Waals surface area contributed by atoms with Crippen LogP contribution in [0.1, 0.15) is 39.7 Å². The minimum Gasteiger partial charge on any atom is -0.341 e. The Labute approximate surface area is 233 Å². The highest BCUT2D eigenvalue weighted by molar-refractivity contribution is 6.04. The summed E-state index contributed by atoms with van der Waals surface area (Å²) in [5.74, 6) is 5.27. The maximum absolute atomic E-state index is 14.0. The topological polar surface area (TPSA) is 95.7 Å². The third kappa shape index (κ3) is 5.36. The number of nitrogens with one attached hydrogen (secondary N) is 1. The Hall–Kier alpha value is -4.76. The van der Waals surface area contributed by atoms with Crippen molar-refractivity contribution >= 4 is 23.1 Å². The number of benzene rings is 1. The molecule has 0 aliphatic carbocycles. The van der Waals surface area contributed by atoms with Crippen LogP contribution in [0.25, 0.3) is 5.65 Å². The Morgan fingerprint density at radius 1 is 1.05 bits per heavy atom. The van der Waals surface area contributed by atoms with Crippen LogP contribution in [0.2, 0.25) is 0 Å². The third-order valence-electron chi connectivity index (χ3n) is 7.30. The molecule has 6 rings (SSSR count). The van der Waals surface area contributed by atoms with Crippen LogP contribution >= 0.6 is 0 Å². The zero-order valence-electron chi connectivity index (χ0n) is 21.9. The molecular weight excluding hydrogens is 535 g/mol. The first kappa shape index (κ1) is 26.5. The van der Waals surface area contributed by atoms with E-state index in [0.29, 0.717) is 43.1 Å². The van der Waals surface area contributed by atoms with Crippen LogP contribution in [-0.4, -0.2) is 67.4 Å². The zero-order valence-corrected chi connectivity index (χ0v) is 21.9. The summed E-state index contributed by atoms with van der Waals surface area (Å²) >= 11 is 0. The van der Waals surface area contributed by atoms with Crippen molar-refractivity contribution in [2.45, 2.75) is 19.6 Å². The van der Waals surface area contributed by atoms with Crippen LogP contribution < -0.4 is 5.32 Å². The molecule has 2 fully saturated rings. The lowest BCUT2D eigenvalue weighted by atomic mass is 9.72. The molecule has 41 heavy (non-hydrogen) atoms. The highest BCUT2D eigenvalue weighted by Crippen LogP contribution is 2.41. The number of alkyl halides is 3. The number of aromatic nitrogens is 4. The van der Waals surface area contributed by atoms with E-state index in [1.807, 2.05) is 4.90 Å². The number of halogens is 3. The van der Waals surface area contributed by atoms with Gasteiger partial charge >= 0.3 is 6.18 Å². The number of imidazole rings is 1. The molecule has 12 heteroatoms. The molecule has 2 amide bonds. The van der Waals surface area contributed by atoms with Crippen LogP contribution in [-0.2, 0) is 17.5 Å². The molecule has 9 nitrogen and oxygen atoms in total. The van der Waals surface area contributed by atoms with Crippen molar-refractivity contribution in [3.63, 3.8) is 0 Å². The average Bonchev–Trinajstić information content (AvgIpc) is 3.31. The Morgan fingerprint density at radius 2 is 1.85 bits per heavy atom. The van der Waals surface area contributed by atoms with Crippen molar-refractivity contribution in [3.05, 3.63) is 89.1 Å². The molecule has 0 saturated carbocycles. The van der Waals surface area contributed by atoms with Crippen molar-refractivity contribution in [1.82, 2.24) is 29.4 Å². The van der Waals surface area contributed by atoms with E-state index in [1.54, 1.807) is 33.9 Å². The SMILES string of the molecule is CC(=O)N1CC2(CN(Cc3ccc(NC(=O)c4cncc(C#Cc5cnc6cccnn56)c4)cc3C(F)(F)F)C2)C1. The first-order chi connectivity index (χ1) is 19.6. The van der Waals surface area contributed by atoms with E-state index in [0.717, 1.165) is 6.07 Å². The number of likely N-dealkylation sites (tertiary alicyclic amines) is 2. The second kappa shape index (κ2) is 10.0. The lowest BCUT2D eigenvalue weighted by Crippen LogP contribution is -2.72. The predicted octanol–water partition coefficient (Wildman–Crippen LogP) is 3.46. The minimum atomic E-state index is -4.59. The molecule has 0 bridgehead atoms. The Bertz CT molecular complexity index is 1720. The fourth-order valence-electron chi connectivity index (χ4n) is 5.38. The molecule has 1 spiro atoms. The molecular formula is C29H24F3N7O2. The molecule has 2 aliphatic rings. The molecule has 0 atom stereocenters. The van der Waals surface area contributed by atoms with Gasteiger partial charge in [0.1, 0.15) is 5.69 Å². The van der Waals surface area contributed by atoms with Gasteiger partial charge in [0.2, 0.25) is 5.91 Å². The number of amides is 2. The average molecular weight is 560 g/mol. The van der Waals surface area contributed by atoms with Gasteiger partial charge in [-0.1, -0.05) is 12.0 Å². The molecule has 2 aliphatic heterocycles. The molecule has 1 aromatic carbocycles. The van der Waals surface area contributed by atoms with Gasteiger partial charge in [0.15, 0.2) is 5.65 Å². The van der Waals surface area contributed by atoms with E-state index in [4.69, 9.17) is 0 Å². The van der Waals surface area contributed by atoms with Gasteiger partial charge in [0.25, 0.3) is 5.91 Å². The van der Waals surface area contributed by atoms with E-state index >= 15 is 0 Å². The third-order valence-corrected chi connectivity index (χ3v) is 7.30. The number of carbonyl (C=O) groups excluding carboxylic acids is 2. The number of fused-ring (bicyclic) bond motifs is 1. The zero-order chi connectivity index (χ0) is 28.8. The van der Waals surface area contributed by atoms with E-state index in [1.165, 1.54) is 37.5 Å². The van der Waals surface area contributed by atoms with E-state index < -0.39 is 17.6 Å². The summed E-state index contributed by atoms with van der Waals surface area (Å²) in [5, 5.41) is 6.74. The number of nitrogens with zero attached hydrogens (tertiary/aromatic N) is 6. The van der Waals surface area contributed by atoms with Gasteiger partial charge in [-0.3, -0.25) is 19.5 Å². The van der Waals surface area contributed by atoms with Crippen LogP contribution in [0.15, 0.2) is 61.2 Å². The largest absolute Gasteiger partial charge is 0.416 e. The van der Waals surface area contributed by atoms with Crippen LogP contribution in [0.5, 0.6) is 0 Å². The number of pyridine rings is 1. The summed E-state index contributed by atoms with van der Waals surface area (Å²) in [5.41, 5.74) is 1.14. The molecule has 1 N–H and O–H groups in total. The first-order valence-electron chi connectivity index (χ1n) is 12.8. The Kier molecular flexibility index (Phi) is 6.46. The monoisotopic (exact) mass is 559 g/mol. The lowest BCUT2D eigenvalue weighted by Gasteiger charge is -2.60. The van der Waals surface area contributed by atoms with Gasteiger partial charge in [-0.2, -0.15) is 18.3 Å². The van der Waals surface area contributed by atoms with Gasteiger partial charge < -0.3 is 10.2 Å². The normalized spacial score (nSPS) is 16.0. The maximum Gasteiger partial charge on any atom is 0.416 e. The molecule has 0 radical (unpaired) electrons. The standard InChI is InChI=1S/C29H24F3N7O2/c1-19(40)38-17-28(18-38)15-37(16-28)14-21-5-6-23(10-25(21)29(30,31)32)36-27(41)22-9-20(11-33-12-22)4-7-24-13-34-26-3-2-8-35-39(24)26/h2-3,5-6,8-13H,14-18H2,1H3,(H,36,41). The second-order valence-electron chi connectivity index (χ2n) is 10.5. The number of rotatable bonds is 4. The number of carbonyl (C=O) groups is 2. The Balaban J connectivity index is 1.14. The number of hydrogen-bond donors (Lipinski definition) is 1. The molecule has 4 aromatic rings. The van der Waals surface area contributed by atoms with Crippen LogP contribution in [0.3, 0.4) is 0 Å². The number of anilines is 1. The van der Waals surface area contributed by atoms with Crippen molar-refractivity contribution in [1.29, 1.82) is 0 Å². The number of hydrogen-bond acceptors (Lipinski definition) is 6. The summed E-state index contributed by atoms with van der Waals surface area (Å²) in [6.45, 7) is 4.24. The summed E-state index contributed by atoms with van der Waals surface area (Å²) in [7, 11) is 0. The van der Waals surface area contributed by atoms with Crippen molar-refractivity contribution in [2.24, 2.45) is 5.41 Å². The van der Waals surface area contributed by atoms with Gasteiger partial charge in [-0.05, 0) is 41.8 Å². The smallest absolute Gasteiger partial charge is 0.341 e. The van der Waals surface area contributed by atoms with Crippen LogP contribution in [0, 0.1) is 17.3 Å². The van der Waals surface area contributed by atoms with Crippen molar-refractivity contribution < 1.29 is 22.8 Å². The molecule has 3 aromatic heterocycles. The van der Waals surface area contributed by atoms with E-state index in [-0.39, 0.29) is 34.7 Å². The van der Waals surface area contributed by atoms with Gasteiger partial charge in [-0.25, -0.2) is 9.50 Å². The fraction of sp³-hybridized carbons (Fsp3) is 0.276. The summed E-state index contributed by atoms with van der Waals surface area (Å²) < 4.78 is 43.5. The first-order valence-corrected chi connectivity index (χ1v) is 12.8. The Morgan fingerprint density at radius 3 is 2.61 bits per heavy atom. The lowest BCUT2D eigenvalue weighted by molar-refractivity contribution is -0.158. The van der Waals surface area contributed by atoms with Crippen LogP contribution in [0.4, 0.5) is 18.9 Å². The maximum atomic E-state index is 14.0. The molecule has 2 saturated heterocycles. The molecule has 0 unspecified atom stereocenters. The summed E-state index contributed by atoms with van der Waals surface area (Å²) in [6, 6.07) is 8.89. The highest BCUT2D eigenvalue weighted by Gasteiger charge is 2.52. The second-order valence-corrected chi connectivity index (χ2v) is 10.5. The summed E-state index contributed by atoms with van der Waals surface area (Å²) in [6.07, 6.45) is 1.41. The summed E-state index contributed by atoms with van der Waals surface area (Å²) in [4.78, 5) is 36.3. The van der Waals surface area contributed by atoms with E-state index in [9.17, 15) is 22.8 Å². The highest BCUT2D eigenvalue weighted by atomic mass is 19.4. The fourth-order valence-corrected chi connectivity index (χ4v) is 5.38. The van der Waals surface area contributed by atoms with Crippen molar-refractivity contribution in [3.8, 4) is 11.8 Å². The van der Waals surface area contributed by atoms with Gasteiger partial charge in [0.05, 0.1) is 17.3 Å². The molecule has 5 heterocycles. The van der Waals surface area contributed by atoms with Gasteiger partial charge in [0, 0.05) is 74.9 Å².